The SMILES string of the molecule is CN(Cc1ccccc1)c1ccc(F)cc1C(=O)O. The molecule has 0 aliphatic heterocycles. The van der Waals surface area contributed by atoms with Crippen molar-refractivity contribution in [2.45, 2.75) is 6.54 Å². The van der Waals surface area contributed by atoms with Crippen molar-refractivity contribution >= 4 is 11.7 Å². The van der Waals surface area contributed by atoms with Gasteiger partial charge in [-0.15, -0.1) is 0 Å². The van der Waals surface area contributed by atoms with E-state index in [4.69, 9.17) is 5.11 Å². The lowest BCUT2D eigenvalue weighted by molar-refractivity contribution is 0.0697. The van der Waals surface area contributed by atoms with Crippen LogP contribution < -0.4 is 4.90 Å². The number of carboxylic acid groups (broad SMARTS) is 1. The average molecular weight is 259 g/mol. The molecule has 0 unspecified atom stereocenters. The summed E-state index contributed by atoms with van der Waals surface area (Å²) < 4.78 is 13.1. The zero-order valence-electron chi connectivity index (χ0n) is 10.5. The van der Waals surface area contributed by atoms with Crippen molar-refractivity contribution in [3.63, 3.8) is 0 Å². The number of halogens is 1. The first-order valence-corrected chi connectivity index (χ1v) is 5.86. The van der Waals surface area contributed by atoms with Gasteiger partial charge in [0.2, 0.25) is 0 Å². The number of anilines is 1. The van der Waals surface area contributed by atoms with E-state index in [9.17, 15) is 9.18 Å². The molecule has 0 heterocycles. The molecule has 0 spiro atoms. The maximum absolute atomic E-state index is 13.1. The highest BCUT2D eigenvalue weighted by Crippen LogP contribution is 2.22. The number of hydrogen-bond donors (Lipinski definition) is 1. The van der Waals surface area contributed by atoms with Crippen LogP contribution in [-0.4, -0.2) is 18.1 Å². The van der Waals surface area contributed by atoms with Gasteiger partial charge in [0.25, 0.3) is 0 Å². The Bertz CT molecular complexity index is 584. The van der Waals surface area contributed by atoms with Gasteiger partial charge in [-0.1, -0.05) is 30.3 Å². The van der Waals surface area contributed by atoms with Crippen LogP contribution in [0, 0.1) is 5.82 Å². The molecule has 2 aromatic rings. The second-order valence-electron chi connectivity index (χ2n) is 4.31. The first-order chi connectivity index (χ1) is 9.08. The first kappa shape index (κ1) is 13.1. The Kier molecular flexibility index (Phi) is 3.80. The van der Waals surface area contributed by atoms with Crippen molar-refractivity contribution in [3.8, 4) is 0 Å². The topological polar surface area (TPSA) is 40.5 Å². The highest BCUT2D eigenvalue weighted by atomic mass is 19.1. The molecule has 0 bridgehead atoms. The lowest BCUT2D eigenvalue weighted by Crippen LogP contribution is -2.19. The molecule has 1 N–H and O–H groups in total. The molecule has 4 heteroatoms. The summed E-state index contributed by atoms with van der Waals surface area (Å²) in [7, 11) is 1.78. The summed E-state index contributed by atoms with van der Waals surface area (Å²) in [6.45, 7) is 0.562. The van der Waals surface area contributed by atoms with Crippen LogP contribution in [0.15, 0.2) is 48.5 Å². The van der Waals surface area contributed by atoms with Gasteiger partial charge in [-0.25, -0.2) is 9.18 Å². The van der Waals surface area contributed by atoms with E-state index in [0.717, 1.165) is 11.6 Å². The van der Waals surface area contributed by atoms with E-state index in [1.165, 1.54) is 12.1 Å². The Labute approximate surface area is 110 Å². The predicted octanol–water partition coefficient (Wildman–Crippen LogP) is 3.16. The van der Waals surface area contributed by atoms with E-state index in [1.807, 2.05) is 30.3 Å². The van der Waals surface area contributed by atoms with Crippen LogP contribution >= 0.6 is 0 Å². The molecule has 0 atom stereocenters. The van der Waals surface area contributed by atoms with Crippen LogP contribution in [0.5, 0.6) is 0 Å². The zero-order valence-corrected chi connectivity index (χ0v) is 10.5. The number of nitrogens with zero attached hydrogens (tertiary/aromatic N) is 1. The number of hydrogen-bond acceptors (Lipinski definition) is 2. The van der Waals surface area contributed by atoms with Gasteiger partial charge >= 0.3 is 5.97 Å². The van der Waals surface area contributed by atoms with E-state index >= 15 is 0 Å². The Morgan fingerprint density at radius 3 is 2.53 bits per heavy atom. The third kappa shape index (κ3) is 3.10. The molecule has 0 aliphatic rings. The maximum atomic E-state index is 13.1. The van der Waals surface area contributed by atoms with Gasteiger partial charge in [0.15, 0.2) is 0 Å². The minimum Gasteiger partial charge on any atom is -0.478 e. The van der Waals surface area contributed by atoms with Crippen LogP contribution in [0.2, 0.25) is 0 Å². The van der Waals surface area contributed by atoms with Crippen LogP contribution in [0.3, 0.4) is 0 Å². The van der Waals surface area contributed by atoms with Gasteiger partial charge in [-0.3, -0.25) is 0 Å². The van der Waals surface area contributed by atoms with Gasteiger partial charge < -0.3 is 10.0 Å². The molecule has 0 radical (unpaired) electrons. The maximum Gasteiger partial charge on any atom is 0.337 e. The van der Waals surface area contributed by atoms with Crippen LogP contribution in [0.1, 0.15) is 15.9 Å². The Morgan fingerprint density at radius 2 is 1.89 bits per heavy atom. The number of benzene rings is 2. The molecule has 2 rings (SSSR count). The molecule has 0 aromatic heterocycles. The number of aromatic carboxylic acids is 1. The Balaban J connectivity index is 2.28. The molecule has 2 aromatic carbocycles. The molecule has 0 aliphatic carbocycles. The standard InChI is InChI=1S/C15H14FNO2/c1-17(10-11-5-3-2-4-6-11)14-8-7-12(16)9-13(14)15(18)19/h2-9H,10H2,1H3,(H,18,19). The van der Waals surface area contributed by atoms with Gasteiger partial charge in [0.1, 0.15) is 5.82 Å². The summed E-state index contributed by atoms with van der Waals surface area (Å²) in [5, 5.41) is 9.11. The molecular formula is C15H14FNO2. The summed E-state index contributed by atoms with van der Waals surface area (Å²) in [4.78, 5) is 12.9. The summed E-state index contributed by atoms with van der Waals surface area (Å²) in [6, 6.07) is 13.5. The number of carboxylic acids is 1. The van der Waals surface area contributed by atoms with E-state index in [1.54, 1.807) is 11.9 Å². The van der Waals surface area contributed by atoms with Crippen molar-refractivity contribution in [1.29, 1.82) is 0 Å². The molecule has 0 amide bonds. The smallest absolute Gasteiger partial charge is 0.337 e. The molecule has 98 valence electrons. The van der Waals surface area contributed by atoms with E-state index in [0.29, 0.717) is 12.2 Å². The molecule has 19 heavy (non-hydrogen) atoms. The summed E-state index contributed by atoms with van der Waals surface area (Å²) in [5.74, 6) is -1.68. The summed E-state index contributed by atoms with van der Waals surface area (Å²) >= 11 is 0. The molecule has 0 saturated heterocycles. The quantitative estimate of drug-likeness (QED) is 0.916. The largest absolute Gasteiger partial charge is 0.478 e. The van der Waals surface area contributed by atoms with Crippen molar-refractivity contribution < 1.29 is 14.3 Å². The highest BCUT2D eigenvalue weighted by Gasteiger charge is 2.14. The fourth-order valence-corrected chi connectivity index (χ4v) is 1.95. The van der Waals surface area contributed by atoms with Crippen LogP contribution in [-0.2, 0) is 6.54 Å². The summed E-state index contributed by atoms with van der Waals surface area (Å²) in [6.07, 6.45) is 0. The summed E-state index contributed by atoms with van der Waals surface area (Å²) in [5.41, 5.74) is 1.53. The molecule has 0 fully saturated rings. The van der Waals surface area contributed by atoms with Crippen molar-refractivity contribution in [2.75, 3.05) is 11.9 Å². The number of carbonyl (C=O) groups is 1. The average Bonchev–Trinajstić information content (AvgIpc) is 2.39. The van der Waals surface area contributed by atoms with E-state index < -0.39 is 11.8 Å². The van der Waals surface area contributed by atoms with Gasteiger partial charge in [-0.05, 0) is 23.8 Å². The molecular weight excluding hydrogens is 245 g/mol. The third-order valence-corrected chi connectivity index (χ3v) is 2.86. The van der Waals surface area contributed by atoms with Crippen LogP contribution in [0.4, 0.5) is 10.1 Å². The van der Waals surface area contributed by atoms with Gasteiger partial charge in [0.05, 0.1) is 11.3 Å². The molecule has 3 nitrogen and oxygen atoms in total. The predicted molar refractivity (Wildman–Crippen MR) is 71.9 cm³/mol. The Hall–Kier alpha value is -2.36. The lowest BCUT2D eigenvalue weighted by atomic mass is 10.1. The Morgan fingerprint density at radius 1 is 1.21 bits per heavy atom. The fourth-order valence-electron chi connectivity index (χ4n) is 1.95. The third-order valence-electron chi connectivity index (χ3n) is 2.86. The molecule has 0 saturated carbocycles. The second kappa shape index (κ2) is 5.52. The zero-order chi connectivity index (χ0) is 13.8. The van der Waals surface area contributed by atoms with Gasteiger partial charge in [-0.2, -0.15) is 0 Å². The van der Waals surface area contributed by atoms with Crippen LogP contribution in [0.25, 0.3) is 0 Å². The van der Waals surface area contributed by atoms with Gasteiger partial charge in [0, 0.05) is 13.6 Å². The normalized spacial score (nSPS) is 10.2. The highest BCUT2D eigenvalue weighted by molar-refractivity contribution is 5.94. The van der Waals surface area contributed by atoms with Crippen molar-refractivity contribution in [2.24, 2.45) is 0 Å². The van der Waals surface area contributed by atoms with Crippen molar-refractivity contribution in [1.82, 2.24) is 0 Å². The number of rotatable bonds is 4. The van der Waals surface area contributed by atoms with Crippen molar-refractivity contribution in [3.05, 3.63) is 65.5 Å². The second-order valence-corrected chi connectivity index (χ2v) is 4.31. The van der Waals surface area contributed by atoms with E-state index in [-0.39, 0.29) is 5.56 Å². The first-order valence-electron chi connectivity index (χ1n) is 5.86. The minimum absolute atomic E-state index is 0.0292. The minimum atomic E-state index is -1.13. The fraction of sp³-hybridized carbons (Fsp3) is 0.133. The monoisotopic (exact) mass is 259 g/mol. The lowest BCUT2D eigenvalue weighted by Gasteiger charge is -2.21. The van der Waals surface area contributed by atoms with E-state index in [2.05, 4.69) is 0 Å².